The topological polar surface area (TPSA) is 42.1 Å². The first-order chi connectivity index (χ1) is 7.74. The summed E-state index contributed by atoms with van der Waals surface area (Å²) in [4.78, 5) is 14.3. The number of pyridine rings is 1. The van der Waals surface area contributed by atoms with Crippen molar-refractivity contribution >= 4 is 10.9 Å². The van der Waals surface area contributed by atoms with Gasteiger partial charge in [-0.25, -0.2) is 0 Å². The lowest BCUT2D eigenvalue weighted by Crippen LogP contribution is -2.06. The fourth-order valence-electron chi connectivity index (χ4n) is 1.91. The van der Waals surface area contributed by atoms with Crippen LogP contribution in [0.1, 0.15) is 18.9 Å². The summed E-state index contributed by atoms with van der Waals surface area (Å²) in [6.07, 6.45) is 1.96. The fourth-order valence-corrected chi connectivity index (χ4v) is 1.91. The molecule has 0 radical (unpaired) electrons. The summed E-state index contributed by atoms with van der Waals surface area (Å²) in [6, 6.07) is 7.45. The van der Waals surface area contributed by atoms with E-state index in [-0.39, 0.29) is 5.56 Å². The number of methoxy groups -OCH3 is 1. The van der Waals surface area contributed by atoms with Crippen molar-refractivity contribution in [2.75, 3.05) is 7.11 Å². The van der Waals surface area contributed by atoms with E-state index < -0.39 is 0 Å². The van der Waals surface area contributed by atoms with E-state index in [1.165, 1.54) is 0 Å². The normalized spacial score (nSPS) is 10.6. The molecule has 16 heavy (non-hydrogen) atoms. The lowest BCUT2D eigenvalue weighted by atomic mass is 10.0. The van der Waals surface area contributed by atoms with E-state index in [4.69, 9.17) is 4.74 Å². The molecule has 84 valence electrons. The van der Waals surface area contributed by atoms with E-state index in [9.17, 15) is 4.79 Å². The molecule has 3 heteroatoms. The van der Waals surface area contributed by atoms with Crippen LogP contribution < -0.4 is 10.3 Å². The number of rotatable bonds is 3. The molecule has 0 aliphatic rings. The number of aryl methyl sites for hydroxylation is 1. The highest BCUT2D eigenvalue weighted by Gasteiger charge is 2.03. The number of hydrogen-bond donors (Lipinski definition) is 1. The maximum Gasteiger partial charge on any atom is 0.248 e. The predicted molar refractivity (Wildman–Crippen MR) is 65.1 cm³/mol. The van der Waals surface area contributed by atoms with Gasteiger partial charge in [0.1, 0.15) is 5.75 Å². The molecule has 2 rings (SSSR count). The molecule has 0 fully saturated rings. The standard InChI is InChI=1S/C13H15NO2/c1-3-4-9-7-13(15)14-12-8-10(16-2)5-6-11(9)12/h5-8H,3-4H2,1-2H3,(H,14,15). The number of fused-ring (bicyclic) bond motifs is 1. The van der Waals surface area contributed by atoms with Crippen LogP contribution in [-0.4, -0.2) is 12.1 Å². The van der Waals surface area contributed by atoms with Crippen molar-refractivity contribution in [3.8, 4) is 5.75 Å². The van der Waals surface area contributed by atoms with E-state index in [0.717, 1.165) is 35.1 Å². The molecule has 1 heterocycles. The second kappa shape index (κ2) is 4.39. The third-order valence-electron chi connectivity index (χ3n) is 2.66. The Bertz CT molecular complexity index is 557. The highest BCUT2D eigenvalue weighted by atomic mass is 16.5. The highest BCUT2D eigenvalue weighted by Crippen LogP contribution is 2.21. The van der Waals surface area contributed by atoms with E-state index in [0.29, 0.717) is 0 Å². The van der Waals surface area contributed by atoms with E-state index >= 15 is 0 Å². The highest BCUT2D eigenvalue weighted by molar-refractivity contribution is 5.83. The number of ether oxygens (including phenoxy) is 1. The molecule has 0 saturated carbocycles. The Labute approximate surface area is 94.1 Å². The Morgan fingerprint density at radius 2 is 2.12 bits per heavy atom. The average Bonchev–Trinajstić information content (AvgIpc) is 2.28. The molecule has 1 N–H and O–H groups in total. The van der Waals surface area contributed by atoms with Gasteiger partial charge in [-0.15, -0.1) is 0 Å². The summed E-state index contributed by atoms with van der Waals surface area (Å²) in [5, 5.41) is 1.10. The number of nitrogens with one attached hydrogen (secondary N) is 1. The third kappa shape index (κ3) is 1.94. The Morgan fingerprint density at radius 3 is 2.81 bits per heavy atom. The molecule has 0 aliphatic heterocycles. The van der Waals surface area contributed by atoms with Gasteiger partial charge in [0.15, 0.2) is 0 Å². The number of aromatic amines is 1. The summed E-state index contributed by atoms with van der Waals surface area (Å²) < 4.78 is 5.14. The smallest absolute Gasteiger partial charge is 0.248 e. The van der Waals surface area contributed by atoms with Crippen molar-refractivity contribution in [2.24, 2.45) is 0 Å². The van der Waals surface area contributed by atoms with Gasteiger partial charge in [0.05, 0.1) is 12.6 Å². The summed E-state index contributed by atoms with van der Waals surface area (Å²) in [7, 11) is 1.62. The molecule has 0 spiro atoms. The molecular weight excluding hydrogens is 202 g/mol. The van der Waals surface area contributed by atoms with Crippen LogP contribution in [0.2, 0.25) is 0 Å². The van der Waals surface area contributed by atoms with Crippen LogP contribution in [0.15, 0.2) is 29.1 Å². The summed E-state index contributed by atoms with van der Waals surface area (Å²) in [5.74, 6) is 0.761. The van der Waals surface area contributed by atoms with E-state index in [1.54, 1.807) is 13.2 Å². The number of H-pyrrole nitrogens is 1. The molecule has 0 unspecified atom stereocenters. The SMILES string of the molecule is CCCc1cc(=O)[nH]c2cc(OC)ccc12. The van der Waals surface area contributed by atoms with Crippen LogP contribution in [-0.2, 0) is 6.42 Å². The molecule has 0 bridgehead atoms. The summed E-state index contributed by atoms with van der Waals surface area (Å²) in [6.45, 7) is 2.11. The lowest BCUT2D eigenvalue weighted by Gasteiger charge is -2.06. The van der Waals surface area contributed by atoms with Gasteiger partial charge in [-0.3, -0.25) is 4.79 Å². The van der Waals surface area contributed by atoms with Gasteiger partial charge in [0.2, 0.25) is 5.56 Å². The van der Waals surface area contributed by atoms with Crippen molar-refractivity contribution in [3.05, 3.63) is 40.2 Å². The number of hydrogen-bond acceptors (Lipinski definition) is 2. The van der Waals surface area contributed by atoms with Crippen LogP contribution in [0, 0.1) is 0 Å². The van der Waals surface area contributed by atoms with Gasteiger partial charge in [-0.2, -0.15) is 0 Å². The molecule has 2 aromatic rings. The fraction of sp³-hybridized carbons (Fsp3) is 0.308. The van der Waals surface area contributed by atoms with Crippen LogP contribution in [0.5, 0.6) is 5.75 Å². The predicted octanol–water partition coefficient (Wildman–Crippen LogP) is 2.49. The minimum Gasteiger partial charge on any atom is -0.497 e. The van der Waals surface area contributed by atoms with Crippen molar-refractivity contribution in [1.29, 1.82) is 0 Å². The second-order valence-electron chi connectivity index (χ2n) is 3.82. The molecule has 0 saturated heterocycles. The van der Waals surface area contributed by atoms with Gasteiger partial charge in [0, 0.05) is 17.5 Å². The number of aromatic nitrogens is 1. The minimum atomic E-state index is -0.0517. The lowest BCUT2D eigenvalue weighted by molar-refractivity contribution is 0.415. The molecule has 1 aromatic carbocycles. The zero-order valence-electron chi connectivity index (χ0n) is 9.54. The van der Waals surface area contributed by atoms with Crippen LogP contribution in [0.25, 0.3) is 10.9 Å². The van der Waals surface area contributed by atoms with Gasteiger partial charge < -0.3 is 9.72 Å². The maximum atomic E-state index is 11.5. The third-order valence-corrected chi connectivity index (χ3v) is 2.66. The van der Waals surface area contributed by atoms with Crippen LogP contribution >= 0.6 is 0 Å². The van der Waals surface area contributed by atoms with Gasteiger partial charge >= 0.3 is 0 Å². The monoisotopic (exact) mass is 217 g/mol. The first-order valence-corrected chi connectivity index (χ1v) is 5.44. The Kier molecular flexibility index (Phi) is 2.95. The average molecular weight is 217 g/mol. The number of benzene rings is 1. The largest absolute Gasteiger partial charge is 0.497 e. The quantitative estimate of drug-likeness (QED) is 0.858. The van der Waals surface area contributed by atoms with Gasteiger partial charge in [-0.1, -0.05) is 13.3 Å². The van der Waals surface area contributed by atoms with Gasteiger partial charge in [0.25, 0.3) is 0 Å². The molecule has 0 atom stereocenters. The van der Waals surface area contributed by atoms with Gasteiger partial charge in [-0.05, 0) is 24.1 Å². The minimum absolute atomic E-state index is 0.0517. The molecule has 0 amide bonds. The van der Waals surface area contributed by atoms with Crippen molar-refractivity contribution < 1.29 is 4.74 Å². The Hall–Kier alpha value is -1.77. The zero-order chi connectivity index (χ0) is 11.5. The van der Waals surface area contributed by atoms with E-state index in [1.807, 2.05) is 18.2 Å². The molecule has 3 nitrogen and oxygen atoms in total. The molecule has 0 aliphatic carbocycles. The maximum absolute atomic E-state index is 11.5. The van der Waals surface area contributed by atoms with Crippen LogP contribution in [0.3, 0.4) is 0 Å². The summed E-state index contributed by atoms with van der Waals surface area (Å²) in [5.41, 5.74) is 1.89. The van der Waals surface area contributed by atoms with Crippen molar-refractivity contribution in [1.82, 2.24) is 4.98 Å². The Morgan fingerprint density at radius 1 is 1.31 bits per heavy atom. The Balaban J connectivity index is 2.68. The van der Waals surface area contributed by atoms with E-state index in [2.05, 4.69) is 11.9 Å². The van der Waals surface area contributed by atoms with Crippen molar-refractivity contribution in [3.63, 3.8) is 0 Å². The van der Waals surface area contributed by atoms with Crippen LogP contribution in [0.4, 0.5) is 0 Å². The first-order valence-electron chi connectivity index (χ1n) is 5.44. The second-order valence-corrected chi connectivity index (χ2v) is 3.82. The first kappa shape index (κ1) is 10.7. The molecule has 1 aromatic heterocycles. The zero-order valence-corrected chi connectivity index (χ0v) is 9.54. The molecular formula is C13H15NO2. The summed E-state index contributed by atoms with van der Waals surface area (Å²) >= 11 is 0. The van der Waals surface area contributed by atoms with Crippen molar-refractivity contribution in [2.45, 2.75) is 19.8 Å².